The number of furan rings is 1. The molecule has 1 aliphatic rings. The Hall–Kier alpha value is -2.37. The lowest BCUT2D eigenvalue weighted by Gasteiger charge is -2.20. The van der Waals surface area contributed by atoms with Gasteiger partial charge in [0.05, 0.1) is 13.0 Å². The third-order valence-corrected chi connectivity index (χ3v) is 3.42. The van der Waals surface area contributed by atoms with E-state index in [0.29, 0.717) is 24.9 Å². The average Bonchev–Trinajstić information content (AvgIpc) is 3.04. The summed E-state index contributed by atoms with van der Waals surface area (Å²) in [5.41, 5.74) is 0.774. The molecule has 1 aromatic heterocycles. The van der Waals surface area contributed by atoms with Gasteiger partial charge in [-0.05, 0) is 19.4 Å². The maximum atomic E-state index is 11.6. The van der Waals surface area contributed by atoms with Gasteiger partial charge in [0.1, 0.15) is 17.4 Å². The molecule has 0 unspecified atom stereocenters. The minimum atomic E-state index is -0.656. The molecule has 0 bridgehead atoms. The van der Waals surface area contributed by atoms with Crippen LogP contribution in [0.2, 0.25) is 0 Å². The van der Waals surface area contributed by atoms with E-state index in [1.165, 1.54) is 13.2 Å². The quantitative estimate of drug-likeness (QED) is 0.470. The monoisotopic (exact) mass is 292 g/mol. The second-order valence-corrected chi connectivity index (χ2v) is 4.93. The third kappa shape index (κ3) is 2.89. The summed E-state index contributed by atoms with van der Waals surface area (Å²) in [6.45, 7) is 5.65. The summed E-state index contributed by atoms with van der Waals surface area (Å²) < 4.78 is 15.3. The molecule has 0 amide bonds. The Kier molecular flexibility index (Phi) is 4.26. The molecule has 0 saturated carbocycles. The van der Waals surface area contributed by atoms with E-state index in [0.717, 1.165) is 5.57 Å². The second kappa shape index (κ2) is 5.95. The Bertz CT molecular complexity index is 597. The van der Waals surface area contributed by atoms with Gasteiger partial charge in [-0.1, -0.05) is 12.2 Å². The van der Waals surface area contributed by atoms with Crippen molar-refractivity contribution in [1.29, 1.82) is 0 Å². The van der Waals surface area contributed by atoms with Crippen molar-refractivity contribution in [3.05, 3.63) is 35.3 Å². The number of ether oxygens (including phenoxy) is 2. The van der Waals surface area contributed by atoms with Gasteiger partial charge >= 0.3 is 11.9 Å². The fourth-order valence-corrected chi connectivity index (χ4v) is 2.46. The summed E-state index contributed by atoms with van der Waals surface area (Å²) in [6.07, 6.45) is 0.929. The number of carbonyl (C=O) groups is 3. The highest BCUT2D eigenvalue weighted by atomic mass is 16.6. The van der Waals surface area contributed by atoms with Crippen LogP contribution in [0.15, 0.2) is 22.6 Å². The lowest BCUT2D eigenvalue weighted by atomic mass is 9.91. The normalized spacial score (nSPS) is 19.0. The van der Waals surface area contributed by atoms with Crippen LogP contribution in [0.1, 0.15) is 52.4 Å². The minimum Gasteiger partial charge on any atom is -0.465 e. The molecule has 2 atom stereocenters. The predicted molar refractivity (Wildman–Crippen MR) is 72.1 cm³/mol. The first-order valence-corrected chi connectivity index (χ1v) is 6.50. The molecule has 1 aromatic rings. The maximum absolute atomic E-state index is 11.6. The van der Waals surface area contributed by atoms with E-state index in [2.05, 4.69) is 11.3 Å². The third-order valence-electron chi connectivity index (χ3n) is 3.42. The summed E-state index contributed by atoms with van der Waals surface area (Å²) in [4.78, 5) is 33.9. The van der Waals surface area contributed by atoms with E-state index >= 15 is 0 Å². The summed E-state index contributed by atoms with van der Waals surface area (Å²) >= 11 is 0. The molecule has 0 spiro atoms. The van der Waals surface area contributed by atoms with Crippen LogP contribution in [0.5, 0.6) is 0 Å². The average molecular weight is 292 g/mol. The predicted octanol–water partition coefficient (Wildman–Crippen LogP) is 2.24. The molecule has 1 saturated heterocycles. The summed E-state index contributed by atoms with van der Waals surface area (Å²) in [6, 6.07) is 1.45. The van der Waals surface area contributed by atoms with Crippen molar-refractivity contribution in [2.75, 3.05) is 7.11 Å². The molecular formula is C15H16O6. The number of cyclic esters (lactones) is 1. The van der Waals surface area contributed by atoms with Crippen LogP contribution >= 0.6 is 0 Å². The molecule has 6 nitrogen and oxygen atoms in total. The van der Waals surface area contributed by atoms with Crippen molar-refractivity contribution in [1.82, 2.24) is 0 Å². The highest BCUT2D eigenvalue weighted by molar-refractivity contribution is 5.96. The highest BCUT2D eigenvalue weighted by Crippen LogP contribution is 2.36. The molecule has 1 fully saturated rings. The van der Waals surface area contributed by atoms with Gasteiger partial charge in [0.2, 0.25) is 0 Å². The Morgan fingerprint density at radius 2 is 2.29 bits per heavy atom. The van der Waals surface area contributed by atoms with Gasteiger partial charge < -0.3 is 13.9 Å². The number of hydrogen-bond donors (Lipinski definition) is 0. The van der Waals surface area contributed by atoms with Gasteiger partial charge in [-0.2, -0.15) is 0 Å². The van der Waals surface area contributed by atoms with Crippen LogP contribution in [0, 0.1) is 0 Å². The van der Waals surface area contributed by atoms with Crippen LogP contribution in [-0.2, 0) is 14.3 Å². The van der Waals surface area contributed by atoms with Gasteiger partial charge in [-0.15, -0.1) is 0 Å². The van der Waals surface area contributed by atoms with Gasteiger partial charge in [0.25, 0.3) is 0 Å². The zero-order chi connectivity index (χ0) is 15.6. The molecule has 2 heterocycles. The van der Waals surface area contributed by atoms with Gasteiger partial charge in [0.15, 0.2) is 12.0 Å². The van der Waals surface area contributed by atoms with Crippen LogP contribution in [-0.4, -0.2) is 31.4 Å². The molecule has 1 aliphatic heterocycles. The molecule has 112 valence electrons. The first-order valence-electron chi connectivity index (χ1n) is 6.50. The smallest absolute Gasteiger partial charge is 0.341 e. The molecule has 0 aliphatic carbocycles. The molecule has 0 aromatic carbocycles. The van der Waals surface area contributed by atoms with E-state index in [4.69, 9.17) is 9.15 Å². The first kappa shape index (κ1) is 15.0. The van der Waals surface area contributed by atoms with E-state index in [1.807, 2.05) is 0 Å². The first-order chi connectivity index (χ1) is 9.97. The van der Waals surface area contributed by atoms with Gasteiger partial charge in [-0.3, -0.25) is 9.59 Å². The maximum Gasteiger partial charge on any atom is 0.341 e. The fourth-order valence-electron chi connectivity index (χ4n) is 2.46. The van der Waals surface area contributed by atoms with E-state index in [-0.39, 0.29) is 17.3 Å². The van der Waals surface area contributed by atoms with Gasteiger partial charge in [0, 0.05) is 6.42 Å². The summed E-state index contributed by atoms with van der Waals surface area (Å²) in [5.74, 6) is -1.07. The summed E-state index contributed by atoms with van der Waals surface area (Å²) in [5, 5.41) is 0. The van der Waals surface area contributed by atoms with E-state index in [9.17, 15) is 14.4 Å². The zero-order valence-corrected chi connectivity index (χ0v) is 11.9. The Morgan fingerprint density at radius 3 is 2.76 bits per heavy atom. The topological polar surface area (TPSA) is 82.8 Å². The molecule has 21 heavy (non-hydrogen) atoms. The van der Waals surface area contributed by atoms with Crippen molar-refractivity contribution >= 4 is 18.2 Å². The van der Waals surface area contributed by atoms with Crippen molar-refractivity contribution in [3.63, 3.8) is 0 Å². The van der Waals surface area contributed by atoms with Crippen LogP contribution in [0.4, 0.5) is 0 Å². The van der Waals surface area contributed by atoms with Crippen molar-refractivity contribution < 1.29 is 28.3 Å². The van der Waals surface area contributed by atoms with Crippen molar-refractivity contribution in [2.45, 2.75) is 31.8 Å². The lowest BCUT2D eigenvalue weighted by molar-refractivity contribution is -0.141. The number of rotatable bonds is 5. The zero-order valence-electron chi connectivity index (χ0n) is 11.9. The number of esters is 2. The molecular weight excluding hydrogens is 276 g/mol. The molecule has 0 N–H and O–H groups in total. The number of hydrogen-bond acceptors (Lipinski definition) is 6. The van der Waals surface area contributed by atoms with Crippen LogP contribution in [0.3, 0.4) is 0 Å². The SMILES string of the molecule is C=C(C)[C@@H](c1cc(C(=O)OC)c(C=O)o1)[C@H]1CCC(=O)O1. The molecule has 2 rings (SSSR count). The Balaban J connectivity index is 2.39. The number of methoxy groups -OCH3 is 1. The second-order valence-electron chi connectivity index (χ2n) is 4.93. The number of carbonyl (C=O) groups excluding carboxylic acids is 3. The molecule has 0 radical (unpaired) electrons. The van der Waals surface area contributed by atoms with E-state index < -0.39 is 18.0 Å². The van der Waals surface area contributed by atoms with Crippen LogP contribution < -0.4 is 0 Å². The number of aldehydes is 1. The van der Waals surface area contributed by atoms with Crippen LogP contribution in [0.25, 0.3) is 0 Å². The fraction of sp³-hybridized carbons (Fsp3) is 0.400. The largest absolute Gasteiger partial charge is 0.465 e. The highest BCUT2D eigenvalue weighted by Gasteiger charge is 2.35. The Morgan fingerprint density at radius 1 is 1.57 bits per heavy atom. The van der Waals surface area contributed by atoms with Crippen molar-refractivity contribution in [3.8, 4) is 0 Å². The van der Waals surface area contributed by atoms with E-state index in [1.54, 1.807) is 6.92 Å². The molecule has 6 heteroatoms. The van der Waals surface area contributed by atoms with Gasteiger partial charge in [-0.25, -0.2) is 4.79 Å². The summed E-state index contributed by atoms with van der Waals surface area (Å²) in [7, 11) is 1.22. The standard InChI is InChI=1S/C15H16O6/c1-8(2)14(10-4-5-13(17)21-10)11-6-9(15(18)19-3)12(7-16)20-11/h6-7,10,14H,1,4-5H2,2-3H3/t10-,14-/m1/s1. The Labute approximate surface area is 121 Å². The lowest BCUT2D eigenvalue weighted by Crippen LogP contribution is -2.19. The minimum absolute atomic E-state index is 0.0538. The van der Waals surface area contributed by atoms with Crippen molar-refractivity contribution in [2.24, 2.45) is 0 Å².